The summed E-state index contributed by atoms with van der Waals surface area (Å²) in [5.41, 5.74) is 1.18. The number of aromatic nitrogens is 2. The summed E-state index contributed by atoms with van der Waals surface area (Å²) in [5, 5.41) is 2.79. The van der Waals surface area contributed by atoms with Gasteiger partial charge in [-0.2, -0.15) is 13.2 Å². The summed E-state index contributed by atoms with van der Waals surface area (Å²) in [6.45, 7) is 0.352. The molecule has 27 heavy (non-hydrogen) atoms. The van der Waals surface area contributed by atoms with Gasteiger partial charge in [-0.1, -0.05) is 12.1 Å². The molecule has 0 aliphatic rings. The number of amides is 1. The van der Waals surface area contributed by atoms with Crippen molar-refractivity contribution >= 4 is 11.6 Å². The predicted octanol–water partition coefficient (Wildman–Crippen LogP) is 3.26. The second-order valence-electron chi connectivity index (χ2n) is 6.04. The van der Waals surface area contributed by atoms with E-state index in [1.165, 1.54) is 10.5 Å². The third-order valence-corrected chi connectivity index (χ3v) is 4.06. The molecule has 0 saturated carbocycles. The Balaban J connectivity index is 1.54. The van der Waals surface area contributed by atoms with Crippen LogP contribution in [0.2, 0.25) is 0 Å². The van der Waals surface area contributed by atoms with E-state index in [0.29, 0.717) is 24.3 Å². The quantitative estimate of drug-likeness (QED) is 0.717. The molecule has 1 aromatic carbocycles. The minimum absolute atomic E-state index is 0.136. The number of fused-ring (bicyclic) bond motifs is 1. The zero-order chi connectivity index (χ0) is 19.4. The molecule has 0 aliphatic heterocycles. The van der Waals surface area contributed by atoms with Crippen LogP contribution in [0, 0.1) is 0 Å². The number of nitrogens with zero attached hydrogens (tertiary/aromatic N) is 2. The first-order valence-electron chi connectivity index (χ1n) is 8.29. The second-order valence-corrected chi connectivity index (χ2v) is 6.04. The zero-order valence-electron chi connectivity index (χ0n) is 14.6. The Bertz CT molecular complexity index is 934. The number of imidazole rings is 1. The van der Waals surface area contributed by atoms with Crippen molar-refractivity contribution in [3.8, 4) is 5.75 Å². The largest absolute Gasteiger partial charge is 0.497 e. The van der Waals surface area contributed by atoms with Gasteiger partial charge in [-0.15, -0.1) is 0 Å². The van der Waals surface area contributed by atoms with Gasteiger partial charge in [0.2, 0.25) is 5.91 Å². The van der Waals surface area contributed by atoms with E-state index < -0.39 is 11.7 Å². The first-order valence-corrected chi connectivity index (χ1v) is 8.29. The molecular formula is C19H18F3N3O2. The molecule has 2 aromatic heterocycles. The van der Waals surface area contributed by atoms with E-state index in [2.05, 4.69) is 10.3 Å². The average Bonchev–Trinajstić information content (AvgIpc) is 3.03. The number of carbonyl (C=O) groups excluding carboxylic acids is 1. The molecule has 1 amide bonds. The molecule has 0 radical (unpaired) electrons. The van der Waals surface area contributed by atoms with Crippen molar-refractivity contribution in [2.24, 2.45) is 0 Å². The van der Waals surface area contributed by atoms with Crippen LogP contribution in [-0.2, 0) is 23.8 Å². The van der Waals surface area contributed by atoms with Crippen molar-refractivity contribution in [2.75, 3.05) is 13.7 Å². The number of benzene rings is 1. The number of pyridine rings is 1. The number of hydrogen-bond donors (Lipinski definition) is 1. The number of carbonyl (C=O) groups is 1. The van der Waals surface area contributed by atoms with Crippen LogP contribution < -0.4 is 10.1 Å². The summed E-state index contributed by atoms with van der Waals surface area (Å²) >= 11 is 0. The van der Waals surface area contributed by atoms with Crippen molar-refractivity contribution in [1.29, 1.82) is 0 Å². The fourth-order valence-electron chi connectivity index (χ4n) is 2.65. The van der Waals surface area contributed by atoms with E-state index in [-0.39, 0.29) is 12.3 Å². The minimum Gasteiger partial charge on any atom is -0.497 e. The second kappa shape index (κ2) is 7.69. The Morgan fingerprint density at radius 3 is 2.56 bits per heavy atom. The standard InChI is InChI=1S/C19H18F3N3O2/c1-27-16-5-2-13(3-6-16)10-18(26)23-9-8-15-12-25-11-14(19(20,21)22)4-7-17(25)24-15/h2-7,11-12H,8-10H2,1H3,(H,23,26). The minimum atomic E-state index is -4.39. The summed E-state index contributed by atoms with van der Waals surface area (Å²) in [7, 11) is 1.57. The van der Waals surface area contributed by atoms with Gasteiger partial charge >= 0.3 is 6.18 Å². The molecule has 0 bridgehead atoms. The zero-order valence-corrected chi connectivity index (χ0v) is 14.6. The first kappa shape index (κ1) is 18.8. The molecule has 5 nitrogen and oxygen atoms in total. The van der Waals surface area contributed by atoms with Gasteiger partial charge in [0.05, 0.1) is 24.8 Å². The lowest BCUT2D eigenvalue weighted by atomic mass is 10.1. The first-order chi connectivity index (χ1) is 12.8. The summed E-state index contributed by atoms with van der Waals surface area (Å²) in [5.74, 6) is 0.586. The molecule has 0 unspecified atom stereocenters. The van der Waals surface area contributed by atoms with Crippen molar-refractivity contribution in [1.82, 2.24) is 14.7 Å². The summed E-state index contributed by atoms with van der Waals surface area (Å²) in [4.78, 5) is 16.3. The highest BCUT2D eigenvalue weighted by molar-refractivity contribution is 5.78. The number of nitrogens with one attached hydrogen (secondary N) is 1. The van der Waals surface area contributed by atoms with Crippen LogP contribution in [0.15, 0.2) is 48.8 Å². The number of halogens is 3. The van der Waals surface area contributed by atoms with Gasteiger partial charge in [-0.25, -0.2) is 4.98 Å². The van der Waals surface area contributed by atoms with Crippen LogP contribution in [0.25, 0.3) is 5.65 Å². The Morgan fingerprint density at radius 1 is 1.15 bits per heavy atom. The lowest BCUT2D eigenvalue weighted by Gasteiger charge is -2.06. The number of rotatable bonds is 6. The lowest BCUT2D eigenvalue weighted by molar-refractivity contribution is -0.137. The summed E-state index contributed by atoms with van der Waals surface area (Å²) in [6, 6.07) is 9.54. The molecule has 3 rings (SSSR count). The molecule has 2 heterocycles. The van der Waals surface area contributed by atoms with E-state index in [0.717, 1.165) is 23.6 Å². The molecule has 8 heteroatoms. The van der Waals surface area contributed by atoms with Gasteiger partial charge in [0.15, 0.2) is 0 Å². The normalized spacial score (nSPS) is 11.6. The third-order valence-electron chi connectivity index (χ3n) is 4.06. The van der Waals surface area contributed by atoms with Gasteiger partial charge in [-0.3, -0.25) is 4.79 Å². The van der Waals surface area contributed by atoms with E-state index in [4.69, 9.17) is 4.74 Å². The average molecular weight is 377 g/mol. The molecule has 0 atom stereocenters. The van der Waals surface area contributed by atoms with Crippen molar-refractivity contribution in [3.05, 3.63) is 65.6 Å². The van der Waals surface area contributed by atoms with Crippen LogP contribution in [0.1, 0.15) is 16.8 Å². The van der Waals surface area contributed by atoms with Crippen LogP contribution in [0.3, 0.4) is 0 Å². The van der Waals surface area contributed by atoms with Gasteiger partial charge in [-0.05, 0) is 29.8 Å². The number of methoxy groups -OCH3 is 1. The molecule has 0 saturated heterocycles. The van der Waals surface area contributed by atoms with Crippen LogP contribution in [-0.4, -0.2) is 28.9 Å². The van der Waals surface area contributed by atoms with E-state index in [9.17, 15) is 18.0 Å². The van der Waals surface area contributed by atoms with Gasteiger partial charge in [0.1, 0.15) is 11.4 Å². The molecule has 142 valence electrons. The molecule has 0 spiro atoms. The number of ether oxygens (including phenoxy) is 1. The molecule has 0 aliphatic carbocycles. The fourth-order valence-corrected chi connectivity index (χ4v) is 2.65. The van der Waals surface area contributed by atoms with E-state index >= 15 is 0 Å². The maximum absolute atomic E-state index is 12.7. The smallest absolute Gasteiger partial charge is 0.417 e. The maximum Gasteiger partial charge on any atom is 0.417 e. The van der Waals surface area contributed by atoms with Crippen LogP contribution in [0.4, 0.5) is 13.2 Å². The molecule has 1 N–H and O–H groups in total. The number of alkyl halides is 3. The Hall–Kier alpha value is -3.03. The maximum atomic E-state index is 12.7. The Kier molecular flexibility index (Phi) is 5.34. The van der Waals surface area contributed by atoms with E-state index in [1.807, 2.05) is 12.1 Å². The lowest BCUT2D eigenvalue weighted by Crippen LogP contribution is -2.27. The SMILES string of the molecule is COc1ccc(CC(=O)NCCc2cn3cc(C(F)(F)F)ccc3n2)cc1. The highest BCUT2D eigenvalue weighted by Gasteiger charge is 2.30. The van der Waals surface area contributed by atoms with Crippen molar-refractivity contribution in [3.63, 3.8) is 0 Å². The van der Waals surface area contributed by atoms with E-state index in [1.54, 1.807) is 25.4 Å². The molecule has 0 fully saturated rings. The Labute approximate surface area is 153 Å². The predicted molar refractivity (Wildman–Crippen MR) is 93.6 cm³/mol. The van der Waals surface area contributed by atoms with Crippen molar-refractivity contribution < 1.29 is 22.7 Å². The Morgan fingerprint density at radius 2 is 1.89 bits per heavy atom. The van der Waals surface area contributed by atoms with Gasteiger partial charge < -0.3 is 14.5 Å². The third kappa shape index (κ3) is 4.78. The van der Waals surface area contributed by atoms with Crippen LogP contribution in [0.5, 0.6) is 5.75 Å². The molecule has 3 aromatic rings. The fraction of sp³-hybridized carbons (Fsp3) is 0.263. The monoisotopic (exact) mass is 377 g/mol. The van der Waals surface area contributed by atoms with Crippen molar-refractivity contribution in [2.45, 2.75) is 19.0 Å². The summed E-state index contributed by atoms with van der Waals surface area (Å²) < 4.78 is 44.7. The highest BCUT2D eigenvalue weighted by atomic mass is 19.4. The molecular weight excluding hydrogens is 359 g/mol. The van der Waals surface area contributed by atoms with Gasteiger partial charge in [0, 0.05) is 25.4 Å². The van der Waals surface area contributed by atoms with Gasteiger partial charge in [0.25, 0.3) is 0 Å². The number of hydrogen-bond acceptors (Lipinski definition) is 3. The van der Waals surface area contributed by atoms with Crippen LogP contribution >= 0.6 is 0 Å². The summed E-state index contributed by atoms with van der Waals surface area (Å²) in [6.07, 6.45) is -1.18. The topological polar surface area (TPSA) is 55.6 Å². The highest BCUT2D eigenvalue weighted by Crippen LogP contribution is 2.29.